The Labute approximate surface area is 168 Å². The van der Waals surface area contributed by atoms with Gasteiger partial charge in [0.2, 0.25) is 12.7 Å². The summed E-state index contributed by atoms with van der Waals surface area (Å²) in [5.74, 6) is 1.62. The molecule has 1 saturated carbocycles. The van der Waals surface area contributed by atoms with E-state index in [2.05, 4.69) is 5.32 Å². The summed E-state index contributed by atoms with van der Waals surface area (Å²) in [7, 11) is 2.97. The molecule has 3 aliphatic rings. The number of ether oxygens (including phenoxy) is 3. The zero-order chi connectivity index (χ0) is 20.5. The van der Waals surface area contributed by atoms with Gasteiger partial charge < -0.3 is 24.4 Å². The first-order chi connectivity index (χ1) is 13.9. The van der Waals surface area contributed by atoms with Gasteiger partial charge in [0.05, 0.1) is 12.5 Å². The molecule has 0 aromatic heterocycles. The lowest BCUT2D eigenvalue weighted by Gasteiger charge is -2.30. The number of urea groups is 1. The van der Waals surface area contributed by atoms with Crippen LogP contribution >= 0.6 is 0 Å². The second kappa shape index (κ2) is 7.81. The highest BCUT2D eigenvalue weighted by Gasteiger charge is 2.42. The number of likely N-dealkylation sites (N-methyl/N-ethyl adjacent to an activating group) is 2. The molecule has 2 fully saturated rings. The van der Waals surface area contributed by atoms with Crippen LogP contribution in [0.15, 0.2) is 18.2 Å². The molecule has 1 aromatic carbocycles. The quantitative estimate of drug-likeness (QED) is 0.749. The van der Waals surface area contributed by atoms with E-state index in [-0.39, 0.29) is 43.2 Å². The number of imide groups is 1. The average Bonchev–Trinajstić information content (AvgIpc) is 3.25. The van der Waals surface area contributed by atoms with E-state index in [1.807, 2.05) is 18.2 Å². The molecule has 9 heteroatoms. The molecule has 1 saturated heterocycles. The van der Waals surface area contributed by atoms with Gasteiger partial charge in [0.25, 0.3) is 5.91 Å². The Morgan fingerprint density at radius 2 is 1.86 bits per heavy atom. The first-order valence-electron chi connectivity index (χ1n) is 9.82. The van der Waals surface area contributed by atoms with Gasteiger partial charge in [-0.15, -0.1) is 0 Å². The molecule has 9 nitrogen and oxygen atoms in total. The summed E-state index contributed by atoms with van der Waals surface area (Å²) in [5, 5.41) is 3.00. The Hall–Kier alpha value is -2.97. The van der Waals surface area contributed by atoms with Crippen LogP contribution in [0, 0.1) is 0 Å². The molecule has 1 aliphatic carbocycles. The van der Waals surface area contributed by atoms with Gasteiger partial charge in [0.15, 0.2) is 11.5 Å². The monoisotopic (exact) mass is 403 g/mol. The Morgan fingerprint density at radius 3 is 2.55 bits per heavy atom. The average molecular weight is 403 g/mol. The van der Waals surface area contributed by atoms with Crippen molar-refractivity contribution in [2.45, 2.75) is 50.3 Å². The molecule has 0 spiro atoms. The van der Waals surface area contributed by atoms with Crippen molar-refractivity contribution in [1.29, 1.82) is 0 Å². The summed E-state index contributed by atoms with van der Waals surface area (Å²) in [4.78, 5) is 38.7. The minimum atomic E-state index is -0.724. The van der Waals surface area contributed by atoms with Crippen LogP contribution in [0.25, 0.3) is 0 Å². The topological polar surface area (TPSA) is 97.4 Å². The lowest BCUT2D eigenvalue weighted by atomic mass is 9.92. The van der Waals surface area contributed by atoms with E-state index in [4.69, 9.17) is 14.2 Å². The molecular weight excluding hydrogens is 378 g/mol. The fourth-order valence-electron chi connectivity index (χ4n) is 4.01. The van der Waals surface area contributed by atoms with E-state index in [0.29, 0.717) is 5.75 Å². The summed E-state index contributed by atoms with van der Waals surface area (Å²) in [6.45, 7) is 0.232. The highest BCUT2D eigenvalue weighted by Crippen LogP contribution is 2.36. The zero-order valence-electron chi connectivity index (χ0n) is 16.6. The molecule has 1 aromatic rings. The smallest absolute Gasteiger partial charge is 0.326 e. The molecule has 2 heterocycles. The lowest BCUT2D eigenvalue weighted by Crippen LogP contribution is -2.43. The first-order valence-corrected chi connectivity index (χ1v) is 9.82. The fraction of sp³-hybridized carbons (Fsp3) is 0.550. The predicted molar refractivity (Wildman–Crippen MR) is 102 cm³/mol. The Kier molecular flexibility index (Phi) is 5.21. The number of benzene rings is 1. The highest BCUT2D eigenvalue weighted by molar-refractivity contribution is 6.05. The Balaban J connectivity index is 1.23. The minimum Gasteiger partial charge on any atom is -0.490 e. The molecule has 4 amide bonds. The molecule has 1 atom stereocenters. The molecule has 29 heavy (non-hydrogen) atoms. The van der Waals surface area contributed by atoms with Gasteiger partial charge in [0, 0.05) is 26.2 Å². The van der Waals surface area contributed by atoms with Crippen LogP contribution in [0.2, 0.25) is 0 Å². The molecule has 0 bridgehead atoms. The van der Waals surface area contributed by atoms with Gasteiger partial charge in [-0.2, -0.15) is 0 Å². The van der Waals surface area contributed by atoms with Gasteiger partial charge in [0.1, 0.15) is 11.8 Å². The number of rotatable bonds is 5. The highest BCUT2D eigenvalue weighted by atomic mass is 16.7. The second-order valence-electron chi connectivity index (χ2n) is 7.68. The normalized spacial score (nSPS) is 26.1. The van der Waals surface area contributed by atoms with E-state index in [0.717, 1.165) is 42.1 Å². The molecule has 156 valence electrons. The largest absolute Gasteiger partial charge is 0.490 e. The van der Waals surface area contributed by atoms with Crippen LogP contribution in [0.3, 0.4) is 0 Å². The number of hydrogen-bond donors (Lipinski definition) is 1. The fourth-order valence-corrected chi connectivity index (χ4v) is 4.01. The van der Waals surface area contributed by atoms with Gasteiger partial charge in [-0.05, 0) is 37.8 Å². The van der Waals surface area contributed by atoms with Crippen molar-refractivity contribution in [2.24, 2.45) is 0 Å². The number of carbonyl (C=O) groups excluding carboxylic acids is 3. The third-order valence-corrected chi connectivity index (χ3v) is 5.74. The van der Waals surface area contributed by atoms with Crippen LogP contribution in [0.5, 0.6) is 17.2 Å². The Morgan fingerprint density at radius 1 is 1.14 bits per heavy atom. The molecule has 1 N–H and O–H groups in total. The number of nitrogens with zero attached hydrogens (tertiary/aromatic N) is 2. The zero-order valence-corrected chi connectivity index (χ0v) is 16.6. The van der Waals surface area contributed by atoms with Crippen molar-refractivity contribution in [3.63, 3.8) is 0 Å². The summed E-state index contributed by atoms with van der Waals surface area (Å²) in [6, 6.07) is 4.49. The molecular formula is C20H25N3O6. The number of nitrogens with one attached hydrogen (secondary N) is 1. The number of amides is 4. The number of carbonyl (C=O) groups is 3. The molecule has 0 radical (unpaired) electrons. The van der Waals surface area contributed by atoms with Crippen molar-refractivity contribution in [3.05, 3.63) is 18.2 Å². The van der Waals surface area contributed by atoms with Crippen molar-refractivity contribution >= 4 is 17.8 Å². The predicted octanol–water partition coefficient (Wildman–Crippen LogP) is 1.50. The van der Waals surface area contributed by atoms with Crippen LogP contribution in [0.1, 0.15) is 32.1 Å². The van der Waals surface area contributed by atoms with Crippen molar-refractivity contribution in [3.8, 4) is 17.2 Å². The van der Waals surface area contributed by atoms with E-state index < -0.39 is 6.04 Å². The minimum absolute atomic E-state index is 0.0148. The summed E-state index contributed by atoms with van der Waals surface area (Å²) in [6.07, 6.45) is 3.31. The van der Waals surface area contributed by atoms with Gasteiger partial charge in [-0.25, -0.2) is 4.79 Å². The number of hydrogen-bond acceptors (Lipinski definition) is 6. The molecule has 1 unspecified atom stereocenters. The first kappa shape index (κ1) is 19.4. The van der Waals surface area contributed by atoms with E-state index in [9.17, 15) is 14.4 Å². The van der Waals surface area contributed by atoms with E-state index >= 15 is 0 Å². The SMILES string of the molecule is CN1C(=O)C(CC(=O)NC2CCC(Oc3ccc4c(c3)OCO4)CC2)N(C)C1=O. The van der Waals surface area contributed by atoms with Crippen molar-refractivity contribution in [2.75, 3.05) is 20.9 Å². The summed E-state index contributed by atoms with van der Waals surface area (Å²) >= 11 is 0. The van der Waals surface area contributed by atoms with E-state index in [1.54, 1.807) is 7.05 Å². The molecule has 2 aliphatic heterocycles. The standard InChI is InChI=1S/C20H25N3O6/c1-22-15(19(25)23(2)20(22)26)10-18(24)21-12-3-5-13(6-4-12)29-14-7-8-16-17(9-14)28-11-27-16/h7-9,12-13,15H,3-6,10-11H2,1-2H3,(H,21,24). The van der Waals surface area contributed by atoms with Gasteiger partial charge in [-0.3, -0.25) is 14.5 Å². The van der Waals surface area contributed by atoms with Crippen LogP contribution in [0.4, 0.5) is 4.79 Å². The Bertz CT molecular complexity index is 820. The third-order valence-electron chi connectivity index (χ3n) is 5.74. The number of fused-ring (bicyclic) bond motifs is 1. The maximum absolute atomic E-state index is 12.4. The van der Waals surface area contributed by atoms with Gasteiger partial charge >= 0.3 is 6.03 Å². The lowest BCUT2D eigenvalue weighted by molar-refractivity contribution is -0.131. The van der Waals surface area contributed by atoms with Crippen molar-refractivity contribution < 1.29 is 28.6 Å². The van der Waals surface area contributed by atoms with Gasteiger partial charge in [-0.1, -0.05) is 0 Å². The maximum Gasteiger partial charge on any atom is 0.326 e. The van der Waals surface area contributed by atoms with Crippen LogP contribution < -0.4 is 19.5 Å². The second-order valence-corrected chi connectivity index (χ2v) is 7.68. The summed E-state index contributed by atoms with van der Waals surface area (Å²) in [5.41, 5.74) is 0. The van der Waals surface area contributed by atoms with E-state index in [1.165, 1.54) is 11.9 Å². The molecule has 4 rings (SSSR count). The van der Waals surface area contributed by atoms with Crippen LogP contribution in [-0.4, -0.2) is 66.7 Å². The van der Waals surface area contributed by atoms with Crippen LogP contribution in [-0.2, 0) is 9.59 Å². The summed E-state index contributed by atoms with van der Waals surface area (Å²) < 4.78 is 16.7. The maximum atomic E-state index is 12.4. The van der Waals surface area contributed by atoms with Crippen molar-refractivity contribution in [1.82, 2.24) is 15.1 Å². The third kappa shape index (κ3) is 3.94.